The first-order chi connectivity index (χ1) is 38.8. The van der Waals surface area contributed by atoms with Crippen LogP contribution in [-0.2, 0) is 11.1 Å². The van der Waals surface area contributed by atoms with Crippen molar-refractivity contribution in [3.63, 3.8) is 0 Å². The molecule has 4 heterocycles. The molecule has 0 fully saturated rings. The summed E-state index contributed by atoms with van der Waals surface area (Å²) in [4.78, 5) is 117. The van der Waals surface area contributed by atoms with Crippen LogP contribution >= 0.6 is 0 Å². The number of nitrogens with zero attached hydrogens (tertiary/aromatic N) is 4. The van der Waals surface area contributed by atoms with Gasteiger partial charge in [0.25, 0.3) is 47.3 Å². The number of benzene rings is 8. The molecule has 8 amide bonds. The minimum Gasteiger partial charge on any atom is -0.457 e. The first kappa shape index (κ1) is 50.7. The third-order valence-electron chi connectivity index (χ3n) is 16.3. The zero-order valence-corrected chi connectivity index (χ0v) is 44.0. The van der Waals surface area contributed by atoms with Crippen LogP contribution in [0.5, 0.6) is 23.0 Å². The van der Waals surface area contributed by atoms with Crippen molar-refractivity contribution < 1.29 is 47.8 Å². The fourth-order valence-electron chi connectivity index (χ4n) is 12.1. The minimum atomic E-state index is -1.06. The van der Waals surface area contributed by atoms with Gasteiger partial charge in [0.15, 0.2) is 0 Å². The topological polar surface area (TPSA) is 168 Å². The summed E-state index contributed by atoms with van der Waals surface area (Å²) in [7, 11) is 0. The number of hydrogen-bond acceptors (Lipinski definition) is 10. The van der Waals surface area contributed by atoms with Gasteiger partial charge in [0.05, 0.1) is 67.0 Å². The van der Waals surface area contributed by atoms with Gasteiger partial charge in [0.2, 0.25) is 0 Å². The van der Waals surface area contributed by atoms with E-state index >= 15 is 0 Å². The Kier molecular flexibility index (Phi) is 12.3. The van der Waals surface area contributed by atoms with Gasteiger partial charge in [-0.15, -0.1) is 0 Å². The molecule has 12 rings (SSSR count). The predicted octanol–water partition coefficient (Wildman–Crippen LogP) is 13.2. The number of imide groups is 4. The van der Waals surface area contributed by atoms with Gasteiger partial charge in [0.1, 0.15) is 23.0 Å². The molecule has 0 saturated heterocycles. The van der Waals surface area contributed by atoms with Gasteiger partial charge in [-0.25, -0.2) is 9.80 Å². The van der Waals surface area contributed by atoms with Crippen molar-refractivity contribution in [1.82, 2.24) is 9.80 Å². The quantitative estimate of drug-likeness (QED) is 0.0901. The Labute approximate surface area is 460 Å². The van der Waals surface area contributed by atoms with Gasteiger partial charge in [-0.2, -0.15) is 0 Å². The first-order valence-electron chi connectivity index (χ1n) is 26.5. The van der Waals surface area contributed by atoms with Crippen LogP contribution in [0, 0.1) is 0 Å². The molecule has 0 bridgehead atoms. The molecule has 0 aromatic heterocycles. The van der Waals surface area contributed by atoms with Gasteiger partial charge < -0.3 is 9.47 Å². The molecule has 0 N–H and O–H groups in total. The van der Waals surface area contributed by atoms with Crippen LogP contribution in [0.25, 0.3) is 11.1 Å². The third kappa shape index (κ3) is 7.69. The maximum absolute atomic E-state index is 14.7. The average molecular weight is 1060 g/mol. The summed E-state index contributed by atoms with van der Waals surface area (Å²) in [6.45, 7) is 7.74. The molecule has 4 aliphatic rings. The summed E-state index contributed by atoms with van der Waals surface area (Å²) in [5.41, 5.74) is 3.17. The fraction of sp³-hybridized carbons (Fsp3) is 0.152. The van der Waals surface area contributed by atoms with Crippen molar-refractivity contribution in [2.45, 2.75) is 64.5 Å². The minimum absolute atomic E-state index is 0.149. The lowest BCUT2D eigenvalue weighted by Crippen LogP contribution is -2.48. The Morgan fingerprint density at radius 3 is 1.12 bits per heavy atom. The molecular weight excluding hydrogens is 1010 g/mol. The van der Waals surface area contributed by atoms with Crippen LogP contribution < -0.4 is 19.3 Å². The highest BCUT2D eigenvalue weighted by Gasteiger charge is 2.50. The molecule has 80 heavy (non-hydrogen) atoms. The molecule has 14 heteroatoms. The van der Waals surface area contributed by atoms with Crippen molar-refractivity contribution in [2.75, 3.05) is 9.80 Å². The van der Waals surface area contributed by atoms with Crippen molar-refractivity contribution in [1.29, 1.82) is 0 Å². The molecule has 0 aliphatic carbocycles. The largest absolute Gasteiger partial charge is 0.457 e. The average Bonchev–Trinajstić information content (AvgIpc) is 4.14. The lowest BCUT2D eigenvalue weighted by atomic mass is 9.82. The lowest BCUT2D eigenvalue weighted by molar-refractivity contribution is 0.0372. The summed E-state index contributed by atoms with van der Waals surface area (Å²) in [6.07, 6.45) is 1.76. The number of amides is 8. The second kappa shape index (κ2) is 19.4. The summed E-state index contributed by atoms with van der Waals surface area (Å²) in [5, 5.41) is 0. The van der Waals surface area contributed by atoms with Crippen molar-refractivity contribution in [3.8, 4) is 34.1 Å². The fourth-order valence-corrected chi connectivity index (χ4v) is 12.1. The highest BCUT2D eigenvalue weighted by Crippen LogP contribution is 2.46. The van der Waals surface area contributed by atoms with E-state index in [1.54, 1.807) is 158 Å². The van der Waals surface area contributed by atoms with Crippen molar-refractivity contribution in [2.24, 2.45) is 0 Å². The summed E-state index contributed by atoms with van der Waals surface area (Å²) >= 11 is 0. The molecule has 4 aliphatic heterocycles. The van der Waals surface area contributed by atoms with Gasteiger partial charge in [0, 0.05) is 12.1 Å². The van der Waals surface area contributed by atoms with E-state index in [1.807, 2.05) is 52.0 Å². The van der Waals surface area contributed by atoms with Gasteiger partial charge in [-0.05, 0) is 139 Å². The van der Waals surface area contributed by atoms with Crippen molar-refractivity contribution in [3.05, 3.63) is 238 Å². The molecule has 8 aromatic rings. The second-order valence-corrected chi connectivity index (χ2v) is 20.1. The smallest absolute Gasteiger partial charge is 0.266 e. The van der Waals surface area contributed by atoms with Gasteiger partial charge >= 0.3 is 0 Å². The van der Waals surface area contributed by atoms with E-state index in [2.05, 4.69) is 0 Å². The van der Waals surface area contributed by atoms with Gasteiger partial charge in [-0.3, -0.25) is 48.2 Å². The number of fused-ring (bicyclic) bond motifs is 4. The Hall–Kier alpha value is -10.1. The number of carbonyl (C=O) groups is 8. The van der Waals surface area contributed by atoms with Crippen LogP contribution in [0.2, 0.25) is 0 Å². The highest BCUT2D eigenvalue weighted by atomic mass is 16.5. The van der Waals surface area contributed by atoms with E-state index in [1.165, 1.54) is 9.80 Å². The summed E-state index contributed by atoms with van der Waals surface area (Å²) < 4.78 is 12.5. The normalized spacial score (nSPS) is 14.8. The number of rotatable bonds is 15. The molecule has 0 radical (unpaired) electrons. The monoisotopic (exact) mass is 1060 g/mol. The zero-order chi connectivity index (χ0) is 55.8. The van der Waals surface area contributed by atoms with Crippen LogP contribution in [0.3, 0.4) is 0 Å². The summed E-state index contributed by atoms with van der Waals surface area (Å²) in [6, 6.07) is 51.0. The third-order valence-corrected chi connectivity index (χ3v) is 16.3. The maximum atomic E-state index is 14.7. The van der Waals surface area contributed by atoms with Crippen molar-refractivity contribution >= 4 is 58.6 Å². The maximum Gasteiger partial charge on any atom is 0.266 e. The molecule has 0 saturated carbocycles. The van der Waals surface area contributed by atoms with Gasteiger partial charge in [-0.1, -0.05) is 107 Å². The first-order valence-corrected chi connectivity index (χ1v) is 26.5. The highest BCUT2D eigenvalue weighted by molar-refractivity contribution is 6.36. The SMILES string of the molecule is CCC(CC)(c1ccc(Oc2cccc(N3C(=O)c4cccc(-c5ccc6c(c5)C(=O)N(C(CC)(CC)c5ccc(Oc7cccc(N8C(=O)c9ccccc9C8=O)c7)cc5)C6=O)c4C3=O)c2)cc1)N1C(=O)c2ccccc2C1=O. The number of hydrogen-bond donors (Lipinski definition) is 0. The molecule has 0 atom stereocenters. The van der Waals surface area contributed by atoms with E-state index in [9.17, 15) is 38.4 Å². The predicted molar refractivity (Wildman–Crippen MR) is 298 cm³/mol. The Bertz CT molecular complexity index is 3920. The summed E-state index contributed by atoms with van der Waals surface area (Å²) in [5.74, 6) is -1.94. The molecule has 0 spiro atoms. The van der Waals surface area contributed by atoms with Crippen LogP contribution in [0.4, 0.5) is 11.4 Å². The Balaban J connectivity index is 0.762. The molecule has 394 valence electrons. The second-order valence-electron chi connectivity index (χ2n) is 20.1. The number of carbonyl (C=O) groups excluding carboxylic acids is 8. The number of anilines is 2. The van der Waals surface area contributed by atoms with Crippen LogP contribution in [0.15, 0.2) is 182 Å². The Morgan fingerprint density at radius 1 is 0.312 bits per heavy atom. The standard InChI is InChI=1S/C66H50N4O10/c1-5-65(6-2,69-60(74)51-22-11-12-23-52(51)61(69)75)40-27-31-45(32-28-40)80-47-19-14-17-43(38-47)68-59(73)54-25-15-24-48(56(54)64(68)78)39-26-35-53-55(36-39)63(77)70(62(53)76)66(7-3,8-4)41-29-33-44(34-30-41)79-46-18-13-16-42(37-46)67-57(71)49-20-9-10-21-50(49)58(67)72/h9-38H,5-8H2,1-4H3. The van der Waals surface area contributed by atoms with E-state index in [4.69, 9.17) is 9.47 Å². The lowest BCUT2D eigenvalue weighted by Gasteiger charge is -2.40. The molecule has 14 nitrogen and oxygen atoms in total. The molecule has 8 aromatic carbocycles. The molecule has 0 unspecified atom stereocenters. The van der Waals surface area contributed by atoms with E-state index in [0.717, 1.165) is 15.4 Å². The van der Waals surface area contributed by atoms with E-state index in [0.29, 0.717) is 93.3 Å². The number of ether oxygens (including phenoxy) is 2. The Morgan fingerprint density at radius 2 is 0.675 bits per heavy atom. The van der Waals surface area contributed by atoms with E-state index in [-0.39, 0.29) is 39.8 Å². The van der Waals surface area contributed by atoms with Crippen LogP contribution in [-0.4, -0.2) is 57.1 Å². The van der Waals surface area contributed by atoms with E-state index < -0.39 is 46.5 Å². The molecular formula is C66H50N4O10. The zero-order valence-electron chi connectivity index (χ0n) is 44.0. The van der Waals surface area contributed by atoms with Crippen LogP contribution in [0.1, 0.15) is 147 Å².